The first kappa shape index (κ1) is 20.7. The second-order valence-corrected chi connectivity index (χ2v) is 6.42. The number of hydrogen-bond donors (Lipinski definition) is 0. The zero-order chi connectivity index (χ0) is 20.6. The predicted octanol–water partition coefficient (Wildman–Crippen LogP) is 3.40. The van der Waals surface area contributed by atoms with Crippen LogP contribution >= 0.6 is 0 Å². The van der Waals surface area contributed by atoms with Gasteiger partial charge in [0.25, 0.3) is 0 Å². The molecule has 0 radical (unpaired) electrons. The summed E-state index contributed by atoms with van der Waals surface area (Å²) in [5.41, 5.74) is 2.20. The second-order valence-electron chi connectivity index (χ2n) is 6.42. The molecule has 29 heavy (non-hydrogen) atoms. The normalized spacial score (nSPS) is 14.4. The Kier molecular flexibility index (Phi) is 7.08. The van der Waals surface area contributed by atoms with E-state index in [0.29, 0.717) is 43.3 Å². The van der Waals surface area contributed by atoms with Crippen LogP contribution in [0.5, 0.6) is 5.75 Å². The summed E-state index contributed by atoms with van der Waals surface area (Å²) in [6, 6.07) is 12.1. The summed E-state index contributed by atoms with van der Waals surface area (Å²) in [5, 5.41) is 0. The average molecular weight is 401 g/mol. The van der Waals surface area contributed by atoms with Crippen molar-refractivity contribution in [3.05, 3.63) is 65.7 Å². The fraction of sp³-hybridized carbons (Fsp3) is 0.318. The van der Waals surface area contributed by atoms with Crippen LogP contribution in [-0.2, 0) is 25.6 Å². The van der Waals surface area contributed by atoms with E-state index in [0.717, 1.165) is 5.56 Å². The van der Waals surface area contributed by atoms with E-state index < -0.39 is 5.97 Å². The number of halogens is 1. The zero-order valence-electron chi connectivity index (χ0n) is 16.5. The van der Waals surface area contributed by atoms with Crippen LogP contribution in [0.1, 0.15) is 11.1 Å². The number of carbonyl (C=O) groups is 1. The molecule has 1 fully saturated rings. The highest BCUT2D eigenvalue weighted by molar-refractivity contribution is 6.16. The number of ether oxygens (including phenoxy) is 4. The first-order valence-electron chi connectivity index (χ1n) is 9.28. The number of methoxy groups -OCH3 is 2. The van der Waals surface area contributed by atoms with Gasteiger partial charge in [0.15, 0.2) is 0 Å². The molecule has 0 N–H and O–H groups in total. The smallest absolute Gasteiger partial charge is 0.341 e. The SMILES string of the molecule is CO/C=C(/C(=O)OC)c1ccccc1COc1ccc(N2CCOCC2)c(F)c1. The molecule has 2 aromatic rings. The Morgan fingerprint density at radius 3 is 2.62 bits per heavy atom. The number of morpholine rings is 1. The third kappa shape index (κ3) is 5.06. The molecule has 2 aromatic carbocycles. The molecule has 0 aromatic heterocycles. The molecule has 0 atom stereocenters. The van der Waals surface area contributed by atoms with Crippen molar-refractivity contribution in [2.45, 2.75) is 6.61 Å². The minimum Gasteiger partial charge on any atom is -0.503 e. The molecule has 7 heteroatoms. The lowest BCUT2D eigenvalue weighted by Crippen LogP contribution is -2.36. The summed E-state index contributed by atoms with van der Waals surface area (Å²) in [6.07, 6.45) is 1.33. The van der Waals surface area contributed by atoms with Crippen LogP contribution in [0.25, 0.3) is 5.57 Å². The molecule has 6 nitrogen and oxygen atoms in total. The van der Waals surface area contributed by atoms with Gasteiger partial charge < -0.3 is 23.8 Å². The molecule has 1 aliphatic rings. The first-order valence-corrected chi connectivity index (χ1v) is 9.28. The monoisotopic (exact) mass is 401 g/mol. The number of nitrogens with zero attached hydrogens (tertiary/aromatic N) is 1. The second kappa shape index (κ2) is 9.93. The van der Waals surface area contributed by atoms with Gasteiger partial charge >= 0.3 is 5.97 Å². The molecule has 0 aliphatic carbocycles. The first-order chi connectivity index (χ1) is 14.1. The van der Waals surface area contributed by atoms with Crippen LogP contribution in [0.4, 0.5) is 10.1 Å². The van der Waals surface area contributed by atoms with Crippen molar-refractivity contribution in [1.82, 2.24) is 0 Å². The van der Waals surface area contributed by atoms with Crippen molar-refractivity contribution >= 4 is 17.2 Å². The summed E-state index contributed by atoms with van der Waals surface area (Å²) in [4.78, 5) is 14.0. The Bertz CT molecular complexity index is 877. The lowest BCUT2D eigenvalue weighted by molar-refractivity contribution is -0.133. The van der Waals surface area contributed by atoms with Gasteiger partial charge in [-0.05, 0) is 23.3 Å². The van der Waals surface area contributed by atoms with Crippen molar-refractivity contribution < 1.29 is 28.1 Å². The number of carbonyl (C=O) groups excluding carboxylic acids is 1. The van der Waals surface area contributed by atoms with E-state index in [-0.39, 0.29) is 18.0 Å². The van der Waals surface area contributed by atoms with Crippen LogP contribution in [-0.4, -0.2) is 46.5 Å². The highest BCUT2D eigenvalue weighted by atomic mass is 19.1. The van der Waals surface area contributed by atoms with Gasteiger partial charge in [-0.15, -0.1) is 0 Å². The van der Waals surface area contributed by atoms with Gasteiger partial charge in [0.05, 0.1) is 39.4 Å². The molecule has 1 saturated heterocycles. The minimum atomic E-state index is -0.514. The van der Waals surface area contributed by atoms with Crippen molar-refractivity contribution in [3.8, 4) is 5.75 Å². The molecular formula is C22H24FNO5. The Balaban J connectivity index is 1.76. The molecule has 0 saturated carbocycles. The highest BCUT2D eigenvalue weighted by Crippen LogP contribution is 2.27. The van der Waals surface area contributed by atoms with Gasteiger partial charge in [-0.1, -0.05) is 24.3 Å². The number of benzene rings is 2. The molecular weight excluding hydrogens is 377 g/mol. The van der Waals surface area contributed by atoms with Crippen LogP contribution in [0.15, 0.2) is 48.7 Å². The fourth-order valence-corrected chi connectivity index (χ4v) is 3.16. The van der Waals surface area contributed by atoms with E-state index in [9.17, 15) is 9.18 Å². The van der Waals surface area contributed by atoms with E-state index in [1.807, 2.05) is 23.1 Å². The van der Waals surface area contributed by atoms with Gasteiger partial charge in [0, 0.05) is 19.2 Å². The van der Waals surface area contributed by atoms with Crippen LogP contribution in [0.3, 0.4) is 0 Å². The van der Waals surface area contributed by atoms with Gasteiger partial charge in [0.2, 0.25) is 0 Å². The Labute approximate surface area is 169 Å². The van der Waals surface area contributed by atoms with Crippen LogP contribution in [0, 0.1) is 5.82 Å². The lowest BCUT2D eigenvalue weighted by Gasteiger charge is -2.29. The molecule has 1 aliphatic heterocycles. The summed E-state index contributed by atoms with van der Waals surface area (Å²) < 4.78 is 35.5. The molecule has 154 valence electrons. The molecule has 1 heterocycles. The Morgan fingerprint density at radius 1 is 1.17 bits per heavy atom. The van der Waals surface area contributed by atoms with Crippen LogP contribution < -0.4 is 9.64 Å². The zero-order valence-corrected chi connectivity index (χ0v) is 16.5. The van der Waals surface area contributed by atoms with Gasteiger partial charge in [0.1, 0.15) is 23.7 Å². The minimum absolute atomic E-state index is 0.157. The highest BCUT2D eigenvalue weighted by Gasteiger charge is 2.18. The maximum absolute atomic E-state index is 14.6. The molecule has 3 rings (SSSR count). The van der Waals surface area contributed by atoms with Gasteiger partial charge in [-0.2, -0.15) is 0 Å². The number of esters is 1. The topological polar surface area (TPSA) is 57.2 Å². The fourth-order valence-electron chi connectivity index (χ4n) is 3.16. The number of hydrogen-bond acceptors (Lipinski definition) is 6. The van der Waals surface area contributed by atoms with E-state index in [1.54, 1.807) is 18.2 Å². The third-order valence-electron chi connectivity index (χ3n) is 4.61. The molecule has 0 amide bonds. The molecule has 0 spiro atoms. The maximum Gasteiger partial charge on any atom is 0.341 e. The van der Waals surface area contributed by atoms with E-state index in [1.165, 1.54) is 26.5 Å². The number of anilines is 1. The largest absolute Gasteiger partial charge is 0.503 e. The summed E-state index contributed by atoms with van der Waals surface area (Å²) in [6.45, 7) is 2.65. The molecule has 0 unspecified atom stereocenters. The predicted molar refractivity (Wildman–Crippen MR) is 107 cm³/mol. The van der Waals surface area contributed by atoms with E-state index in [2.05, 4.69) is 0 Å². The average Bonchev–Trinajstić information content (AvgIpc) is 2.76. The summed E-state index contributed by atoms with van der Waals surface area (Å²) in [7, 11) is 2.77. The Morgan fingerprint density at radius 2 is 1.93 bits per heavy atom. The van der Waals surface area contributed by atoms with Crippen LogP contribution in [0.2, 0.25) is 0 Å². The Hall–Kier alpha value is -3.06. The van der Waals surface area contributed by atoms with Crippen molar-refractivity contribution in [3.63, 3.8) is 0 Å². The van der Waals surface area contributed by atoms with Crippen molar-refractivity contribution in [1.29, 1.82) is 0 Å². The van der Waals surface area contributed by atoms with Gasteiger partial charge in [-0.3, -0.25) is 0 Å². The van der Waals surface area contributed by atoms with Crippen molar-refractivity contribution in [2.24, 2.45) is 0 Å². The standard InChI is InChI=1S/C22H24FNO5/c1-26-15-19(22(25)27-2)18-6-4-3-5-16(18)14-29-17-7-8-21(20(23)13-17)24-9-11-28-12-10-24/h3-8,13,15H,9-12,14H2,1-2H3/b19-15+. The third-order valence-corrected chi connectivity index (χ3v) is 4.61. The number of rotatable bonds is 7. The maximum atomic E-state index is 14.6. The van der Waals surface area contributed by atoms with E-state index in [4.69, 9.17) is 18.9 Å². The quantitative estimate of drug-likeness (QED) is 0.403. The summed E-state index contributed by atoms with van der Waals surface area (Å²) in [5.74, 6) is -0.447. The lowest BCUT2D eigenvalue weighted by atomic mass is 10.0. The summed E-state index contributed by atoms with van der Waals surface area (Å²) >= 11 is 0. The van der Waals surface area contributed by atoms with E-state index >= 15 is 0 Å². The van der Waals surface area contributed by atoms with Crippen molar-refractivity contribution in [2.75, 3.05) is 45.4 Å². The molecule has 0 bridgehead atoms. The van der Waals surface area contributed by atoms with Gasteiger partial charge in [-0.25, -0.2) is 9.18 Å².